The molecule has 0 amide bonds. The zero-order valence-electron chi connectivity index (χ0n) is 13.4. The Kier molecular flexibility index (Phi) is 6.62. The van der Waals surface area contributed by atoms with E-state index in [2.05, 4.69) is 21.5 Å². The summed E-state index contributed by atoms with van der Waals surface area (Å²) in [6.45, 7) is 7.31. The van der Waals surface area contributed by atoms with Crippen molar-refractivity contribution in [1.29, 1.82) is 0 Å². The molecule has 1 aliphatic rings. The van der Waals surface area contributed by atoms with Crippen LogP contribution >= 0.6 is 0 Å². The molecule has 3 nitrogen and oxygen atoms in total. The van der Waals surface area contributed by atoms with Gasteiger partial charge in [-0.3, -0.25) is 4.90 Å². The van der Waals surface area contributed by atoms with Gasteiger partial charge in [-0.15, -0.1) is 6.58 Å². The molecule has 24 heavy (non-hydrogen) atoms. The maximum absolute atomic E-state index is 13.0. The van der Waals surface area contributed by atoms with E-state index in [0.717, 1.165) is 44.6 Å². The predicted molar refractivity (Wildman–Crippen MR) is 84.6 cm³/mol. The Bertz CT molecular complexity index is 516. The van der Waals surface area contributed by atoms with Gasteiger partial charge in [0, 0.05) is 32.2 Å². The van der Waals surface area contributed by atoms with Crippen LogP contribution in [0.4, 0.5) is 17.6 Å². The van der Waals surface area contributed by atoms with Gasteiger partial charge in [-0.05, 0) is 30.5 Å². The highest BCUT2D eigenvalue weighted by Gasteiger charge is 2.43. The standard InChI is InChI=1S/C17H22F4N2O/c1-2-3-4-15(23-11-9-22-10-12-23)13-5-7-14(8-6-13)24-17(20,21)16(18)19/h2,5-8,15-16,22H,1,3-4,9-12H2/t15-/m1/s1. The highest BCUT2D eigenvalue weighted by atomic mass is 19.3. The lowest BCUT2D eigenvalue weighted by atomic mass is 9.99. The molecule has 2 rings (SSSR count). The van der Waals surface area contributed by atoms with Crippen LogP contribution < -0.4 is 10.1 Å². The third kappa shape index (κ3) is 4.95. The van der Waals surface area contributed by atoms with Crippen LogP contribution in [0.15, 0.2) is 36.9 Å². The van der Waals surface area contributed by atoms with Gasteiger partial charge < -0.3 is 10.1 Å². The first-order valence-electron chi connectivity index (χ1n) is 7.94. The van der Waals surface area contributed by atoms with Crippen LogP contribution in [0.5, 0.6) is 5.75 Å². The monoisotopic (exact) mass is 346 g/mol. The van der Waals surface area contributed by atoms with E-state index in [1.54, 1.807) is 12.1 Å². The van der Waals surface area contributed by atoms with Gasteiger partial charge in [-0.1, -0.05) is 18.2 Å². The largest absolute Gasteiger partial charge is 0.461 e. The molecule has 0 aromatic heterocycles. The van der Waals surface area contributed by atoms with Crippen molar-refractivity contribution in [3.05, 3.63) is 42.5 Å². The van der Waals surface area contributed by atoms with Gasteiger partial charge in [0.25, 0.3) is 0 Å². The fraction of sp³-hybridized carbons (Fsp3) is 0.529. The third-order valence-corrected chi connectivity index (χ3v) is 4.01. The second-order valence-electron chi connectivity index (χ2n) is 5.70. The molecule has 7 heteroatoms. The van der Waals surface area contributed by atoms with E-state index in [-0.39, 0.29) is 11.8 Å². The molecule has 0 unspecified atom stereocenters. The van der Waals surface area contributed by atoms with E-state index in [9.17, 15) is 17.6 Å². The summed E-state index contributed by atoms with van der Waals surface area (Å²) in [6, 6.07) is 6.08. The number of benzene rings is 1. The van der Waals surface area contributed by atoms with Gasteiger partial charge >= 0.3 is 12.5 Å². The maximum Gasteiger partial charge on any atom is 0.461 e. The molecule has 134 valence electrons. The van der Waals surface area contributed by atoms with Gasteiger partial charge in [0.15, 0.2) is 0 Å². The highest BCUT2D eigenvalue weighted by Crippen LogP contribution is 2.31. The molecule has 0 radical (unpaired) electrons. The summed E-state index contributed by atoms with van der Waals surface area (Å²) < 4.78 is 54.4. The topological polar surface area (TPSA) is 24.5 Å². The quantitative estimate of drug-likeness (QED) is 0.572. The molecule has 0 spiro atoms. The molecule has 0 aliphatic carbocycles. The molecular weight excluding hydrogens is 324 g/mol. The van der Waals surface area contributed by atoms with Crippen LogP contribution in [0.2, 0.25) is 0 Å². The summed E-state index contributed by atoms with van der Waals surface area (Å²) in [7, 11) is 0. The number of ether oxygens (including phenoxy) is 1. The lowest BCUT2D eigenvalue weighted by Gasteiger charge is -2.35. The number of nitrogens with zero attached hydrogens (tertiary/aromatic N) is 1. The Morgan fingerprint density at radius 2 is 1.83 bits per heavy atom. The number of hydrogen-bond acceptors (Lipinski definition) is 3. The van der Waals surface area contributed by atoms with Crippen LogP contribution in [-0.2, 0) is 0 Å². The van der Waals surface area contributed by atoms with Crippen molar-refractivity contribution in [2.45, 2.75) is 31.4 Å². The van der Waals surface area contributed by atoms with Crippen molar-refractivity contribution in [3.8, 4) is 5.75 Å². The number of piperazine rings is 1. The van der Waals surface area contributed by atoms with E-state index in [1.807, 2.05) is 6.08 Å². The van der Waals surface area contributed by atoms with Crippen LogP contribution in [0, 0.1) is 0 Å². The maximum atomic E-state index is 13.0. The van der Waals surface area contributed by atoms with E-state index >= 15 is 0 Å². The Hall–Kier alpha value is -1.60. The van der Waals surface area contributed by atoms with Crippen LogP contribution in [0.1, 0.15) is 24.4 Å². The minimum atomic E-state index is -4.48. The molecule has 0 saturated carbocycles. The Morgan fingerprint density at radius 3 is 2.38 bits per heavy atom. The fourth-order valence-corrected chi connectivity index (χ4v) is 2.79. The summed E-state index contributed by atoms with van der Waals surface area (Å²) in [5.41, 5.74) is 0.950. The second-order valence-corrected chi connectivity index (χ2v) is 5.70. The zero-order valence-corrected chi connectivity index (χ0v) is 13.4. The van der Waals surface area contributed by atoms with Gasteiger partial charge in [0.1, 0.15) is 5.75 Å². The minimum absolute atomic E-state index is 0.134. The predicted octanol–water partition coefficient (Wildman–Crippen LogP) is 3.84. The molecule has 1 aromatic carbocycles. The first-order chi connectivity index (χ1) is 11.4. The molecule has 1 heterocycles. The van der Waals surface area contributed by atoms with Crippen LogP contribution in [0.25, 0.3) is 0 Å². The summed E-state index contributed by atoms with van der Waals surface area (Å²) >= 11 is 0. The van der Waals surface area contributed by atoms with Crippen molar-refractivity contribution < 1.29 is 22.3 Å². The number of nitrogens with one attached hydrogen (secondary N) is 1. The Labute approximate surface area is 139 Å². The molecule has 1 aromatic rings. The fourth-order valence-electron chi connectivity index (χ4n) is 2.79. The van der Waals surface area contributed by atoms with Gasteiger partial charge in [-0.25, -0.2) is 0 Å². The first kappa shape index (κ1) is 18.7. The molecule has 1 atom stereocenters. The van der Waals surface area contributed by atoms with Crippen molar-refractivity contribution in [1.82, 2.24) is 10.2 Å². The van der Waals surface area contributed by atoms with Crippen LogP contribution in [0.3, 0.4) is 0 Å². The van der Waals surface area contributed by atoms with Crippen molar-refractivity contribution in [2.24, 2.45) is 0 Å². The molecule has 1 fully saturated rings. The van der Waals surface area contributed by atoms with Crippen molar-refractivity contribution in [3.63, 3.8) is 0 Å². The Balaban J connectivity index is 2.10. The number of rotatable bonds is 8. The lowest BCUT2D eigenvalue weighted by molar-refractivity contribution is -0.253. The molecular formula is C17H22F4N2O. The van der Waals surface area contributed by atoms with E-state index < -0.39 is 12.5 Å². The summed E-state index contributed by atoms with van der Waals surface area (Å²) in [4.78, 5) is 2.32. The normalized spacial score (nSPS) is 17.7. The van der Waals surface area contributed by atoms with E-state index in [0.29, 0.717) is 0 Å². The third-order valence-electron chi connectivity index (χ3n) is 4.01. The smallest absolute Gasteiger partial charge is 0.428 e. The lowest BCUT2D eigenvalue weighted by Crippen LogP contribution is -2.45. The molecule has 1 N–H and O–H groups in total. The molecule has 1 aliphatic heterocycles. The molecule has 1 saturated heterocycles. The van der Waals surface area contributed by atoms with Gasteiger partial charge in [0.05, 0.1) is 0 Å². The SMILES string of the molecule is C=CCC[C@H](c1ccc(OC(F)(F)C(F)F)cc1)N1CCNCC1. The number of allylic oxidation sites excluding steroid dienone is 1. The zero-order chi connectivity index (χ0) is 17.6. The number of hydrogen-bond donors (Lipinski definition) is 1. The summed E-state index contributed by atoms with van der Waals surface area (Å²) in [5, 5.41) is 3.29. The average Bonchev–Trinajstić information content (AvgIpc) is 2.57. The Morgan fingerprint density at radius 1 is 1.21 bits per heavy atom. The number of halogens is 4. The molecule has 0 bridgehead atoms. The number of alkyl halides is 4. The summed E-state index contributed by atoms with van der Waals surface area (Å²) in [6.07, 6.45) is -4.82. The van der Waals surface area contributed by atoms with Gasteiger partial charge in [0.2, 0.25) is 0 Å². The first-order valence-corrected chi connectivity index (χ1v) is 7.94. The highest BCUT2D eigenvalue weighted by molar-refractivity contribution is 5.29. The van der Waals surface area contributed by atoms with Gasteiger partial charge in [-0.2, -0.15) is 17.6 Å². The summed E-state index contributed by atoms with van der Waals surface area (Å²) in [5.74, 6) is -0.271. The average molecular weight is 346 g/mol. The van der Waals surface area contributed by atoms with E-state index in [4.69, 9.17) is 0 Å². The van der Waals surface area contributed by atoms with Crippen molar-refractivity contribution in [2.75, 3.05) is 26.2 Å². The second kappa shape index (κ2) is 8.48. The van der Waals surface area contributed by atoms with Crippen LogP contribution in [-0.4, -0.2) is 43.6 Å². The minimum Gasteiger partial charge on any atom is -0.428 e. The van der Waals surface area contributed by atoms with Crippen molar-refractivity contribution >= 4 is 0 Å². The van der Waals surface area contributed by atoms with E-state index in [1.165, 1.54) is 12.1 Å².